The molecule has 0 bridgehead atoms. The molecule has 0 aromatic heterocycles. The minimum atomic E-state index is -0.313. The first-order chi connectivity index (χ1) is 12.3. The van der Waals surface area contributed by atoms with Gasteiger partial charge < -0.3 is 14.3 Å². The number of fused-ring (bicyclic) bond motifs is 1. The monoisotopic (exact) mass is 339 g/mol. The standard InChI is InChI=1S/C20H21NO4/c22-20(15-9-5-2-6-10-15)25-19-16-13-24-21-17(16)11-18(19)23-12-14-7-3-1-4-8-14/h1-10,16-19,21H,11-13H2/t16-,17-,18+,19+/m0/s1. The Balaban J connectivity index is 1.45. The van der Waals surface area contributed by atoms with Crippen LogP contribution in [0.25, 0.3) is 0 Å². The van der Waals surface area contributed by atoms with E-state index >= 15 is 0 Å². The summed E-state index contributed by atoms with van der Waals surface area (Å²) in [5, 5.41) is 0. The predicted octanol–water partition coefficient (Wildman–Crippen LogP) is 2.72. The van der Waals surface area contributed by atoms with Gasteiger partial charge in [0, 0.05) is 12.0 Å². The third-order valence-electron chi connectivity index (χ3n) is 4.86. The highest BCUT2D eigenvalue weighted by Gasteiger charge is 2.49. The largest absolute Gasteiger partial charge is 0.456 e. The SMILES string of the molecule is O=C(O[C@@H]1[C@H]2CON[C@H]2C[C@H]1OCc1ccccc1)c1ccccc1. The zero-order valence-electron chi connectivity index (χ0n) is 13.8. The number of hydrogen-bond acceptors (Lipinski definition) is 5. The van der Waals surface area contributed by atoms with Gasteiger partial charge in [-0.15, -0.1) is 0 Å². The average Bonchev–Trinajstić information content (AvgIpc) is 3.24. The third kappa shape index (κ3) is 3.58. The Morgan fingerprint density at radius 3 is 2.56 bits per heavy atom. The number of carbonyl (C=O) groups excluding carboxylic acids is 1. The molecule has 2 aromatic carbocycles. The lowest BCUT2D eigenvalue weighted by atomic mass is 10.0. The summed E-state index contributed by atoms with van der Waals surface area (Å²) in [6.45, 7) is 1.04. The number of ether oxygens (including phenoxy) is 2. The van der Waals surface area contributed by atoms with Crippen LogP contribution in [0.3, 0.4) is 0 Å². The van der Waals surface area contributed by atoms with Gasteiger partial charge in [0.1, 0.15) is 6.10 Å². The van der Waals surface area contributed by atoms with Crippen LogP contribution >= 0.6 is 0 Å². The number of carbonyl (C=O) groups is 1. The van der Waals surface area contributed by atoms with E-state index in [0.29, 0.717) is 18.8 Å². The Kier molecular flexibility index (Phi) is 4.78. The van der Waals surface area contributed by atoms with Crippen molar-refractivity contribution in [3.05, 3.63) is 71.8 Å². The summed E-state index contributed by atoms with van der Waals surface area (Å²) < 4.78 is 11.9. The minimum absolute atomic E-state index is 0.119. The first-order valence-electron chi connectivity index (χ1n) is 8.60. The summed E-state index contributed by atoms with van der Waals surface area (Å²) in [7, 11) is 0. The number of rotatable bonds is 5. The van der Waals surface area contributed by atoms with E-state index in [2.05, 4.69) is 5.48 Å². The topological polar surface area (TPSA) is 56.8 Å². The molecule has 2 aliphatic rings. The average molecular weight is 339 g/mol. The smallest absolute Gasteiger partial charge is 0.338 e. The first-order valence-corrected chi connectivity index (χ1v) is 8.60. The molecule has 1 heterocycles. The van der Waals surface area contributed by atoms with Crippen LogP contribution in [0.1, 0.15) is 22.3 Å². The van der Waals surface area contributed by atoms with E-state index in [1.165, 1.54) is 0 Å². The lowest BCUT2D eigenvalue weighted by Crippen LogP contribution is -2.35. The molecule has 2 fully saturated rings. The second-order valence-electron chi connectivity index (χ2n) is 6.51. The van der Waals surface area contributed by atoms with E-state index in [0.717, 1.165) is 12.0 Å². The fourth-order valence-corrected chi connectivity index (χ4v) is 3.53. The normalized spacial score (nSPS) is 27.8. The van der Waals surface area contributed by atoms with Crippen LogP contribution in [0, 0.1) is 5.92 Å². The molecule has 1 saturated heterocycles. The third-order valence-corrected chi connectivity index (χ3v) is 4.86. The Hall–Kier alpha value is -2.21. The molecular weight excluding hydrogens is 318 g/mol. The van der Waals surface area contributed by atoms with Crippen molar-refractivity contribution in [2.45, 2.75) is 31.3 Å². The molecule has 0 amide bonds. The molecule has 4 atom stereocenters. The van der Waals surface area contributed by atoms with E-state index in [9.17, 15) is 4.79 Å². The molecule has 0 spiro atoms. The number of hydrogen-bond donors (Lipinski definition) is 1. The van der Waals surface area contributed by atoms with Crippen molar-refractivity contribution < 1.29 is 19.1 Å². The molecular formula is C20H21NO4. The van der Waals surface area contributed by atoms with Crippen molar-refractivity contribution in [3.63, 3.8) is 0 Å². The summed E-state index contributed by atoms with van der Waals surface area (Å²) in [5.74, 6) is -0.195. The quantitative estimate of drug-likeness (QED) is 0.849. The van der Waals surface area contributed by atoms with Crippen LogP contribution in [-0.4, -0.2) is 30.8 Å². The first kappa shape index (κ1) is 16.3. The summed E-state index contributed by atoms with van der Waals surface area (Å²) in [4.78, 5) is 17.8. The van der Waals surface area contributed by atoms with Gasteiger partial charge in [0.05, 0.1) is 24.9 Å². The van der Waals surface area contributed by atoms with Crippen LogP contribution in [-0.2, 0) is 20.9 Å². The van der Waals surface area contributed by atoms with Crippen molar-refractivity contribution in [3.8, 4) is 0 Å². The van der Waals surface area contributed by atoms with Crippen LogP contribution < -0.4 is 5.48 Å². The van der Waals surface area contributed by atoms with Gasteiger partial charge in [-0.3, -0.25) is 0 Å². The molecule has 0 radical (unpaired) electrons. The van der Waals surface area contributed by atoms with Crippen molar-refractivity contribution in [1.82, 2.24) is 5.48 Å². The maximum absolute atomic E-state index is 12.5. The Bertz CT molecular complexity index is 706. The van der Waals surface area contributed by atoms with Gasteiger partial charge in [-0.05, 0) is 24.1 Å². The van der Waals surface area contributed by atoms with Gasteiger partial charge in [0.25, 0.3) is 0 Å². The van der Waals surface area contributed by atoms with Crippen molar-refractivity contribution in [2.75, 3.05) is 6.61 Å². The van der Waals surface area contributed by atoms with E-state index < -0.39 is 0 Å². The maximum Gasteiger partial charge on any atom is 0.338 e. The molecule has 1 N–H and O–H groups in total. The maximum atomic E-state index is 12.5. The summed E-state index contributed by atoms with van der Waals surface area (Å²) in [5.41, 5.74) is 4.68. The highest BCUT2D eigenvalue weighted by atomic mass is 16.7. The van der Waals surface area contributed by atoms with Crippen LogP contribution in [0.2, 0.25) is 0 Å². The minimum Gasteiger partial charge on any atom is -0.456 e. The molecule has 25 heavy (non-hydrogen) atoms. The van der Waals surface area contributed by atoms with Gasteiger partial charge in [-0.25, -0.2) is 4.79 Å². The van der Waals surface area contributed by atoms with Gasteiger partial charge in [0.2, 0.25) is 0 Å². The molecule has 4 rings (SSSR count). The summed E-state index contributed by atoms with van der Waals surface area (Å²) in [6, 6.07) is 19.2. The fourth-order valence-electron chi connectivity index (χ4n) is 3.53. The van der Waals surface area contributed by atoms with Gasteiger partial charge in [-0.2, -0.15) is 5.48 Å². The van der Waals surface area contributed by atoms with Gasteiger partial charge >= 0.3 is 5.97 Å². The lowest BCUT2D eigenvalue weighted by Gasteiger charge is -2.24. The zero-order chi connectivity index (χ0) is 17.1. The number of esters is 1. The molecule has 0 unspecified atom stereocenters. The van der Waals surface area contributed by atoms with E-state index in [1.54, 1.807) is 12.1 Å². The highest BCUT2D eigenvalue weighted by Crippen LogP contribution is 2.35. The van der Waals surface area contributed by atoms with E-state index in [1.807, 2.05) is 48.5 Å². The van der Waals surface area contributed by atoms with Gasteiger partial charge in [-0.1, -0.05) is 48.5 Å². The van der Waals surface area contributed by atoms with Crippen molar-refractivity contribution in [2.24, 2.45) is 5.92 Å². The predicted molar refractivity (Wildman–Crippen MR) is 91.6 cm³/mol. The lowest BCUT2D eigenvalue weighted by molar-refractivity contribution is -0.0655. The molecule has 5 heteroatoms. The zero-order valence-corrected chi connectivity index (χ0v) is 13.8. The summed E-state index contributed by atoms with van der Waals surface area (Å²) in [6.07, 6.45) is 0.320. The van der Waals surface area contributed by atoms with Crippen molar-refractivity contribution >= 4 is 5.97 Å². The second kappa shape index (κ2) is 7.35. The second-order valence-corrected chi connectivity index (χ2v) is 6.51. The number of hydroxylamine groups is 1. The van der Waals surface area contributed by atoms with E-state index in [4.69, 9.17) is 14.3 Å². The number of benzene rings is 2. The van der Waals surface area contributed by atoms with Crippen molar-refractivity contribution in [1.29, 1.82) is 0 Å². The molecule has 130 valence electrons. The molecule has 1 aliphatic carbocycles. The fraction of sp³-hybridized carbons (Fsp3) is 0.350. The highest BCUT2D eigenvalue weighted by molar-refractivity contribution is 5.89. The van der Waals surface area contributed by atoms with Gasteiger partial charge in [0.15, 0.2) is 0 Å². The summed E-state index contributed by atoms with van der Waals surface area (Å²) >= 11 is 0. The van der Waals surface area contributed by atoms with Crippen LogP contribution in [0.5, 0.6) is 0 Å². The Morgan fingerprint density at radius 1 is 1.08 bits per heavy atom. The molecule has 1 saturated carbocycles. The Labute approximate surface area is 146 Å². The van der Waals surface area contributed by atoms with E-state index in [-0.39, 0.29) is 30.1 Å². The molecule has 1 aliphatic heterocycles. The molecule has 2 aromatic rings. The Morgan fingerprint density at radius 2 is 1.80 bits per heavy atom. The number of nitrogens with one attached hydrogen (secondary N) is 1. The van der Waals surface area contributed by atoms with Crippen LogP contribution in [0.4, 0.5) is 0 Å². The molecule has 5 nitrogen and oxygen atoms in total. The van der Waals surface area contributed by atoms with Crippen LogP contribution in [0.15, 0.2) is 60.7 Å².